The molecule has 24 heavy (non-hydrogen) atoms. The van der Waals surface area contributed by atoms with Crippen molar-refractivity contribution < 1.29 is 4.74 Å². The number of hydrogen-bond donors (Lipinski definition) is 1. The van der Waals surface area contributed by atoms with Gasteiger partial charge in [-0.2, -0.15) is 4.52 Å². The number of hydrogen-bond acceptors (Lipinski definition) is 6. The summed E-state index contributed by atoms with van der Waals surface area (Å²) in [5.74, 6) is 0.871. The van der Waals surface area contributed by atoms with Gasteiger partial charge in [-0.05, 0) is 37.0 Å². The van der Waals surface area contributed by atoms with Crippen molar-refractivity contribution in [1.82, 2.24) is 14.6 Å². The van der Waals surface area contributed by atoms with Gasteiger partial charge in [0, 0.05) is 18.3 Å². The number of fused-ring (bicyclic) bond motifs is 1. The van der Waals surface area contributed by atoms with Gasteiger partial charge in [0.05, 0.1) is 7.11 Å². The fourth-order valence-electron chi connectivity index (χ4n) is 2.39. The molecule has 2 aromatic heterocycles. The lowest BCUT2D eigenvalue weighted by Crippen LogP contribution is -2.15. The number of aromatic nitrogens is 3. The summed E-state index contributed by atoms with van der Waals surface area (Å²) in [7, 11) is 1.67. The third-order valence-electron chi connectivity index (χ3n) is 3.74. The third-order valence-corrected chi connectivity index (χ3v) is 4.60. The SMILES string of the molecule is CCc1cc(=O)n2nc(NCCCc3ccc(OC)cc3)sc2n1. The minimum absolute atomic E-state index is 0.126. The normalized spacial score (nSPS) is 10.9. The molecule has 6 nitrogen and oxygen atoms in total. The van der Waals surface area contributed by atoms with Gasteiger partial charge in [-0.3, -0.25) is 4.79 Å². The van der Waals surface area contributed by atoms with Gasteiger partial charge < -0.3 is 10.1 Å². The van der Waals surface area contributed by atoms with E-state index in [4.69, 9.17) is 4.74 Å². The van der Waals surface area contributed by atoms with Crippen LogP contribution in [0.25, 0.3) is 4.96 Å². The summed E-state index contributed by atoms with van der Waals surface area (Å²) >= 11 is 1.41. The predicted octanol–water partition coefficient (Wildman–Crippen LogP) is 2.77. The van der Waals surface area contributed by atoms with Crippen LogP contribution in [0.4, 0.5) is 5.13 Å². The van der Waals surface area contributed by atoms with Crippen molar-refractivity contribution in [1.29, 1.82) is 0 Å². The van der Waals surface area contributed by atoms with Gasteiger partial charge in [-0.1, -0.05) is 30.4 Å². The number of methoxy groups -OCH3 is 1. The van der Waals surface area contributed by atoms with Gasteiger partial charge in [-0.15, -0.1) is 5.10 Å². The van der Waals surface area contributed by atoms with Crippen LogP contribution in [0.5, 0.6) is 5.75 Å². The molecule has 7 heteroatoms. The number of anilines is 1. The fraction of sp³-hybridized carbons (Fsp3) is 0.353. The first kappa shape index (κ1) is 16.4. The van der Waals surface area contributed by atoms with Gasteiger partial charge in [0.25, 0.3) is 5.56 Å². The van der Waals surface area contributed by atoms with Crippen molar-refractivity contribution in [2.75, 3.05) is 19.0 Å². The van der Waals surface area contributed by atoms with Gasteiger partial charge >= 0.3 is 0 Å². The summed E-state index contributed by atoms with van der Waals surface area (Å²) in [5.41, 5.74) is 1.95. The van der Waals surface area contributed by atoms with Crippen LogP contribution in [0, 0.1) is 0 Å². The van der Waals surface area contributed by atoms with Crippen LogP contribution >= 0.6 is 11.3 Å². The van der Waals surface area contributed by atoms with Crippen molar-refractivity contribution in [2.24, 2.45) is 0 Å². The average Bonchev–Trinajstić information content (AvgIpc) is 3.02. The Labute approximate surface area is 144 Å². The van der Waals surface area contributed by atoms with Crippen LogP contribution < -0.4 is 15.6 Å². The molecule has 0 spiro atoms. The smallest absolute Gasteiger partial charge is 0.275 e. The minimum Gasteiger partial charge on any atom is -0.497 e. The Morgan fingerprint density at radius 2 is 2.08 bits per heavy atom. The number of nitrogens with zero attached hydrogens (tertiary/aromatic N) is 3. The van der Waals surface area contributed by atoms with Crippen LogP contribution in [0.3, 0.4) is 0 Å². The summed E-state index contributed by atoms with van der Waals surface area (Å²) in [5, 5.41) is 8.29. The molecule has 1 aromatic carbocycles. The second-order valence-corrected chi connectivity index (χ2v) is 6.38. The Kier molecular flexibility index (Phi) is 5.10. The first-order chi connectivity index (χ1) is 11.7. The molecule has 0 amide bonds. The highest BCUT2D eigenvalue weighted by molar-refractivity contribution is 7.20. The zero-order chi connectivity index (χ0) is 16.9. The molecular weight excluding hydrogens is 324 g/mol. The monoisotopic (exact) mass is 344 g/mol. The van der Waals surface area contributed by atoms with E-state index in [1.165, 1.54) is 21.4 Å². The Balaban J connectivity index is 1.57. The maximum Gasteiger partial charge on any atom is 0.275 e. The largest absolute Gasteiger partial charge is 0.497 e. The standard InChI is InChI=1S/C17H20N4O2S/c1-3-13-11-15(22)21-17(19-13)24-16(20-21)18-10-4-5-12-6-8-14(23-2)9-7-12/h6-9,11H,3-5,10H2,1-2H3,(H,18,20). The third kappa shape index (κ3) is 3.73. The number of aryl methyl sites for hydroxylation is 2. The molecule has 126 valence electrons. The molecule has 0 fully saturated rings. The molecule has 2 heterocycles. The lowest BCUT2D eigenvalue weighted by Gasteiger charge is -2.04. The second kappa shape index (κ2) is 7.44. The van der Waals surface area contributed by atoms with E-state index in [1.807, 2.05) is 19.1 Å². The molecule has 0 radical (unpaired) electrons. The first-order valence-corrected chi connectivity index (χ1v) is 8.78. The van der Waals surface area contributed by atoms with Gasteiger partial charge in [0.1, 0.15) is 5.75 Å². The number of rotatable bonds is 7. The fourth-order valence-corrected chi connectivity index (χ4v) is 3.24. The molecule has 0 aliphatic rings. The molecule has 0 saturated heterocycles. The summed E-state index contributed by atoms with van der Waals surface area (Å²) in [6.45, 7) is 2.78. The molecule has 0 atom stereocenters. The van der Waals surface area contributed by atoms with E-state index < -0.39 is 0 Å². The summed E-state index contributed by atoms with van der Waals surface area (Å²) in [4.78, 5) is 17.0. The van der Waals surface area contributed by atoms with Crippen molar-refractivity contribution in [3.8, 4) is 5.75 Å². The van der Waals surface area contributed by atoms with Gasteiger partial charge in [-0.25, -0.2) is 4.98 Å². The molecule has 0 aliphatic carbocycles. The van der Waals surface area contributed by atoms with Crippen molar-refractivity contribution in [3.05, 3.63) is 51.9 Å². The van der Waals surface area contributed by atoms with Crippen LogP contribution in [0.2, 0.25) is 0 Å². The molecule has 0 aliphatic heterocycles. The van der Waals surface area contributed by atoms with E-state index >= 15 is 0 Å². The topological polar surface area (TPSA) is 68.5 Å². The number of ether oxygens (including phenoxy) is 1. The molecule has 1 N–H and O–H groups in total. The predicted molar refractivity (Wildman–Crippen MR) is 96.3 cm³/mol. The lowest BCUT2D eigenvalue weighted by molar-refractivity contribution is 0.414. The van der Waals surface area contributed by atoms with Crippen LogP contribution in [0.1, 0.15) is 24.6 Å². The van der Waals surface area contributed by atoms with Crippen molar-refractivity contribution in [3.63, 3.8) is 0 Å². The highest BCUT2D eigenvalue weighted by Gasteiger charge is 2.07. The molecule has 0 bridgehead atoms. The minimum atomic E-state index is -0.126. The molecule has 3 rings (SSSR count). The molecule has 0 saturated carbocycles. The van der Waals surface area contributed by atoms with Crippen LogP contribution in [-0.4, -0.2) is 28.3 Å². The van der Waals surface area contributed by atoms with E-state index in [9.17, 15) is 4.79 Å². The molecular formula is C17H20N4O2S. The summed E-state index contributed by atoms with van der Waals surface area (Å²) in [6.07, 6.45) is 2.69. The first-order valence-electron chi connectivity index (χ1n) is 7.96. The van der Waals surface area contributed by atoms with Crippen LogP contribution in [0.15, 0.2) is 35.1 Å². The summed E-state index contributed by atoms with van der Waals surface area (Å²) in [6, 6.07) is 9.64. The van der Waals surface area contributed by atoms with Crippen molar-refractivity contribution >= 4 is 21.4 Å². The maximum absolute atomic E-state index is 12.0. The maximum atomic E-state index is 12.0. The highest BCUT2D eigenvalue weighted by Crippen LogP contribution is 2.17. The highest BCUT2D eigenvalue weighted by atomic mass is 32.1. The average molecular weight is 344 g/mol. The molecule has 3 aromatic rings. The van der Waals surface area contributed by atoms with E-state index in [2.05, 4.69) is 27.5 Å². The van der Waals surface area contributed by atoms with Gasteiger partial charge in [0.15, 0.2) is 0 Å². The Hall–Kier alpha value is -2.41. The van der Waals surface area contributed by atoms with E-state index in [0.717, 1.165) is 42.4 Å². The number of nitrogens with one attached hydrogen (secondary N) is 1. The lowest BCUT2D eigenvalue weighted by atomic mass is 10.1. The Morgan fingerprint density at radius 3 is 2.79 bits per heavy atom. The number of benzene rings is 1. The Morgan fingerprint density at radius 1 is 1.29 bits per heavy atom. The zero-order valence-electron chi connectivity index (χ0n) is 13.8. The summed E-state index contributed by atoms with van der Waals surface area (Å²) < 4.78 is 6.51. The van der Waals surface area contributed by atoms with E-state index in [1.54, 1.807) is 13.2 Å². The van der Waals surface area contributed by atoms with E-state index in [-0.39, 0.29) is 5.56 Å². The van der Waals surface area contributed by atoms with Gasteiger partial charge in [0.2, 0.25) is 10.1 Å². The van der Waals surface area contributed by atoms with Crippen LogP contribution in [-0.2, 0) is 12.8 Å². The Bertz CT molecular complexity index is 870. The second-order valence-electron chi connectivity index (χ2n) is 5.42. The van der Waals surface area contributed by atoms with E-state index in [0.29, 0.717) is 4.96 Å². The quantitative estimate of drug-likeness (QED) is 0.668. The zero-order valence-corrected chi connectivity index (χ0v) is 14.6. The van der Waals surface area contributed by atoms with Crippen molar-refractivity contribution in [2.45, 2.75) is 26.2 Å². The molecule has 0 unspecified atom stereocenters.